The number of hydrogen-bond donors (Lipinski definition) is 1. The first-order chi connectivity index (χ1) is 17.0. The Hall–Kier alpha value is -3.27. The van der Waals surface area contributed by atoms with Gasteiger partial charge in [0, 0.05) is 27.4 Å². The lowest BCUT2D eigenvalue weighted by molar-refractivity contribution is -0.115. The molecular weight excluding hydrogens is 502 g/mol. The number of nitrogens with one attached hydrogen (secondary N) is 1. The van der Waals surface area contributed by atoms with Crippen molar-refractivity contribution in [3.8, 4) is 0 Å². The average Bonchev–Trinajstić information content (AvgIpc) is 3.23. The second kappa shape index (κ2) is 10.2. The van der Waals surface area contributed by atoms with E-state index in [0.717, 1.165) is 21.2 Å². The molecule has 2 heterocycles. The van der Waals surface area contributed by atoms with Crippen LogP contribution in [-0.4, -0.2) is 32.3 Å². The summed E-state index contributed by atoms with van der Waals surface area (Å²) in [6.07, 6.45) is 0. The van der Waals surface area contributed by atoms with Gasteiger partial charge in [-0.25, -0.2) is 0 Å². The Kier molecular flexibility index (Phi) is 6.81. The van der Waals surface area contributed by atoms with Crippen LogP contribution in [0.4, 0.5) is 11.4 Å². The Bertz CT molecular complexity index is 1360. The van der Waals surface area contributed by atoms with Crippen molar-refractivity contribution < 1.29 is 9.59 Å². The van der Waals surface area contributed by atoms with Crippen LogP contribution in [0.15, 0.2) is 87.7 Å². The summed E-state index contributed by atoms with van der Waals surface area (Å²) < 4.78 is 1.79. The van der Waals surface area contributed by atoms with Crippen molar-refractivity contribution in [3.05, 3.63) is 89.2 Å². The Morgan fingerprint density at radius 3 is 2.23 bits per heavy atom. The average molecular weight is 522 g/mol. The van der Waals surface area contributed by atoms with Crippen molar-refractivity contribution in [2.75, 3.05) is 10.7 Å². The van der Waals surface area contributed by atoms with E-state index in [9.17, 15) is 9.59 Å². The minimum Gasteiger partial charge on any atom is -0.345 e. The number of benzene rings is 3. The van der Waals surface area contributed by atoms with Crippen LogP contribution in [0, 0.1) is 0 Å². The van der Waals surface area contributed by atoms with Crippen LogP contribution in [0.1, 0.15) is 16.2 Å². The van der Waals surface area contributed by atoms with E-state index < -0.39 is 0 Å². The summed E-state index contributed by atoms with van der Waals surface area (Å²) in [5.41, 5.74) is 2.27. The molecule has 3 aromatic carbocycles. The number of carbonyl (C=O) groups excluding carboxylic acids is 2. The summed E-state index contributed by atoms with van der Waals surface area (Å²) in [7, 11) is 1.82. The summed E-state index contributed by atoms with van der Waals surface area (Å²) in [5, 5.41) is 12.4. The maximum atomic E-state index is 13.4. The van der Waals surface area contributed by atoms with Gasteiger partial charge in [-0.3, -0.25) is 14.5 Å². The Morgan fingerprint density at radius 1 is 0.943 bits per heavy atom. The summed E-state index contributed by atoms with van der Waals surface area (Å²) in [5.74, 6) is 0.508. The van der Waals surface area contributed by atoms with Crippen molar-refractivity contribution in [2.45, 2.75) is 21.5 Å². The van der Waals surface area contributed by atoms with E-state index in [1.54, 1.807) is 45.5 Å². The number of rotatable bonds is 6. The molecule has 1 aliphatic heterocycles. The molecule has 0 atom stereocenters. The number of halogens is 1. The largest absolute Gasteiger partial charge is 0.345 e. The summed E-state index contributed by atoms with van der Waals surface area (Å²) in [6.45, 7) is 0.212. The monoisotopic (exact) mass is 521 g/mol. The van der Waals surface area contributed by atoms with Crippen LogP contribution in [0.5, 0.6) is 0 Å². The molecular formula is C25H20ClN5O2S2. The van der Waals surface area contributed by atoms with E-state index >= 15 is 0 Å². The standard InChI is InChI=1S/C25H20ClN5O2S2/c1-30-22(14-27-24(33)16-10-12-17(26)13-11-16)28-29-25(30)34-15-23(32)31-18-6-2-4-8-20(18)35-21-9-5-3-7-19(21)31/h2-13H,14-15H2,1H3,(H,27,33). The third kappa shape index (κ3) is 4.93. The third-order valence-electron chi connectivity index (χ3n) is 5.44. The quantitative estimate of drug-likeness (QED) is 0.346. The maximum absolute atomic E-state index is 13.4. The van der Waals surface area contributed by atoms with Crippen LogP contribution < -0.4 is 10.2 Å². The molecule has 10 heteroatoms. The fourth-order valence-electron chi connectivity index (χ4n) is 3.65. The van der Waals surface area contributed by atoms with Gasteiger partial charge in [-0.05, 0) is 48.5 Å². The highest BCUT2D eigenvalue weighted by molar-refractivity contribution is 8.00. The van der Waals surface area contributed by atoms with Crippen molar-refractivity contribution in [1.29, 1.82) is 0 Å². The highest BCUT2D eigenvalue weighted by atomic mass is 35.5. The molecule has 176 valence electrons. The van der Waals surface area contributed by atoms with Gasteiger partial charge in [0.1, 0.15) is 0 Å². The van der Waals surface area contributed by atoms with Gasteiger partial charge in [0.05, 0.1) is 23.7 Å². The molecule has 35 heavy (non-hydrogen) atoms. The molecule has 0 aliphatic carbocycles. The van der Waals surface area contributed by atoms with Gasteiger partial charge < -0.3 is 9.88 Å². The van der Waals surface area contributed by atoms with Crippen LogP contribution in [0.3, 0.4) is 0 Å². The zero-order valence-corrected chi connectivity index (χ0v) is 21.0. The number of nitrogens with zero attached hydrogens (tertiary/aromatic N) is 4. The fourth-order valence-corrected chi connectivity index (χ4v) is 5.61. The minimum absolute atomic E-state index is 0.0456. The van der Waals surface area contributed by atoms with Gasteiger partial charge in [0.2, 0.25) is 5.91 Å². The normalized spacial score (nSPS) is 12.1. The zero-order valence-electron chi connectivity index (χ0n) is 18.6. The van der Waals surface area contributed by atoms with Crippen LogP contribution in [0.2, 0.25) is 5.02 Å². The van der Waals surface area contributed by atoms with Gasteiger partial charge in [-0.2, -0.15) is 0 Å². The predicted octanol–water partition coefficient (Wildman–Crippen LogP) is 5.32. The number of amides is 2. The smallest absolute Gasteiger partial charge is 0.251 e. The summed E-state index contributed by atoms with van der Waals surface area (Å²) in [6, 6.07) is 22.5. The van der Waals surface area contributed by atoms with Gasteiger partial charge in [0.25, 0.3) is 5.91 Å². The first-order valence-corrected chi connectivity index (χ1v) is 12.9. The minimum atomic E-state index is -0.227. The van der Waals surface area contributed by atoms with Crippen LogP contribution in [0.25, 0.3) is 0 Å². The number of para-hydroxylation sites is 2. The SMILES string of the molecule is Cn1c(CNC(=O)c2ccc(Cl)cc2)nnc1SCC(=O)N1c2ccccc2Sc2ccccc21. The molecule has 0 bridgehead atoms. The van der Waals surface area contributed by atoms with E-state index in [-0.39, 0.29) is 24.1 Å². The summed E-state index contributed by atoms with van der Waals surface area (Å²) in [4.78, 5) is 29.6. The van der Waals surface area contributed by atoms with Gasteiger partial charge >= 0.3 is 0 Å². The van der Waals surface area contributed by atoms with E-state index in [1.165, 1.54) is 11.8 Å². The number of aromatic nitrogens is 3. The number of thioether (sulfide) groups is 1. The van der Waals surface area contributed by atoms with E-state index in [1.807, 2.05) is 55.6 Å². The number of anilines is 2. The highest BCUT2D eigenvalue weighted by Gasteiger charge is 2.28. The highest BCUT2D eigenvalue weighted by Crippen LogP contribution is 2.48. The molecule has 1 N–H and O–H groups in total. The first-order valence-electron chi connectivity index (χ1n) is 10.7. The van der Waals surface area contributed by atoms with Crippen LogP contribution >= 0.6 is 35.1 Å². The molecule has 1 aliphatic rings. The van der Waals surface area contributed by atoms with Crippen molar-refractivity contribution in [1.82, 2.24) is 20.1 Å². The second-order valence-corrected chi connectivity index (χ2v) is 10.2. The Labute approximate surface area is 215 Å². The molecule has 0 radical (unpaired) electrons. The second-order valence-electron chi connectivity index (χ2n) is 7.70. The molecule has 0 saturated heterocycles. The van der Waals surface area contributed by atoms with Gasteiger partial charge in [-0.15, -0.1) is 10.2 Å². The molecule has 0 unspecified atom stereocenters. The molecule has 1 aromatic heterocycles. The van der Waals surface area contributed by atoms with Crippen molar-refractivity contribution in [2.24, 2.45) is 7.05 Å². The van der Waals surface area contributed by atoms with E-state index in [4.69, 9.17) is 11.6 Å². The van der Waals surface area contributed by atoms with Crippen molar-refractivity contribution in [3.63, 3.8) is 0 Å². The predicted molar refractivity (Wildman–Crippen MR) is 139 cm³/mol. The topological polar surface area (TPSA) is 80.1 Å². The molecule has 0 fully saturated rings. The molecule has 7 nitrogen and oxygen atoms in total. The molecule has 0 saturated carbocycles. The summed E-state index contributed by atoms with van der Waals surface area (Å²) >= 11 is 8.86. The third-order valence-corrected chi connectivity index (χ3v) is 7.83. The van der Waals surface area contributed by atoms with Gasteiger partial charge in [-0.1, -0.05) is 59.4 Å². The number of hydrogen-bond acceptors (Lipinski definition) is 6. The molecule has 2 amide bonds. The van der Waals surface area contributed by atoms with Crippen molar-refractivity contribution >= 4 is 58.3 Å². The van der Waals surface area contributed by atoms with Gasteiger partial charge in [0.15, 0.2) is 11.0 Å². The zero-order chi connectivity index (χ0) is 24.4. The van der Waals surface area contributed by atoms with Crippen LogP contribution in [-0.2, 0) is 18.4 Å². The lowest BCUT2D eigenvalue weighted by Crippen LogP contribution is -2.30. The molecule has 4 aromatic rings. The number of carbonyl (C=O) groups is 2. The maximum Gasteiger partial charge on any atom is 0.251 e. The lowest BCUT2D eigenvalue weighted by Gasteiger charge is -2.30. The Balaban J connectivity index is 1.26. The van der Waals surface area contributed by atoms with E-state index in [2.05, 4.69) is 15.5 Å². The Morgan fingerprint density at radius 2 is 1.57 bits per heavy atom. The number of fused-ring (bicyclic) bond motifs is 2. The molecule has 5 rings (SSSR count). The van der Waals surface area contributed by atoms with E-state index in [0.29, 0.717) is 21.6 Å². The first kappa shape index (κ1) is 23.5. The fraction of sp³-hybridized carbons (Fsp3) is 0.120. The lowest BCUT2D eigenvalue weighted by atomic mass is 10.2. The molecule has 0 spiro atoms.